The lowest BCUT2D eigenvalue weighted by molar-refractivity contribution is -0.120. The molecule has 2 N–H and O–H groups in total. The van der Waals surface area contributed by atoms with Crippen LogP contribution in [0.5, 0.6) is 5.75 Å². The van der Waals surface area contributed by atoms with E-state index >= 15 is 0 Å². The number of ether oxygens (including phenoxy) is 1. The molecule has 1 fully saturated rings. The molecule has 108 valence electrons. The van der Waals surface area contributed by atoms with Gasteiger partial charge in [0.15, 0.2) is 0 Å². The third-order valence-electron chi connectivity index (χ3n) is 3.84. The van der Waals surface area contributed by atoms with Crippen molar-refractivity contribution in [2.75, 3.05) is 31.1 Å². The van der Waals surface area contributed by atoms with E-state index in [0.29, 0.717) is 25.7 Å². The summed E-state index contributed by atoms with van der Waals surface area (Å²) in [6, 6.07) is 8.03. The summed E-state index contributed by atoms with van der Waals surface area (Å²) >= 11 is 0. The molecule has 0 saturated carbocycles. The fourth-order valence-corrected chi connectivity index (χ4v) is 2.70. The van der Waals surface area contributed by atoms with Crippen molar-refractivity contribution in [3.05, 3.63) is 24.3 Å². The van der Waals surface area contributed by atoms with E-state index in [1.807, 2.05) is 29.2 Å². The van der Waals surface area contributed by atoms with Gasteiger partial charge in [0.25, 0.3) is 0 Å². The second-order valence-electron chi connectivity index (χ2n) is 5.43. The number of fused-ring (bicyclic) bond motifs is 1. The largest absolute Gasteiger partial charge is 0.491 e. The van der Waals surface area contributed by atoms with Crippen LogP contribution in [-0.2, 0) is 4.79 Å². The molecule has 0 aliphatic carbocycles. The topological polar surface area (TPSA) is 53.6 Å². The number of amides is 1. The van der Waals surface area contributed by atoms with E-state index in [1.165, 1.54) is 0 Å². The normalized spacial score (nSPS) is 26.4. The summed E-state index contributed by atoms with van der Waals surface area (Å²) in [5.74, 6) is 0.929. The third kappa shape index (κ3) is 2.64. The Kier molecular flexibility index (Phi) is 3.89. The predicted molar refractivity (Wildman–Crippen MR) is 78.2 cm³/mol. The summed E-state index contributed by atoms with van der Waals surface area (Å²) in [6.45, 7) is 4.99. The molecule has 5 nitrogen and oxygen atoms in total. The number of hydrogen-bond donors (Lipinski definition) is 2. The lowest BCUT2D eigenvalue weighted by atomic mass is 10.1. The van der Waals surface area contributed by atoms with E-state index in [4.69, 9.17) is 4.74 Å². The van der Waals surface area contributed by atoms with Crippen molar-refractivity contribution < 1.29 is 9.53 Å². The molecule has 2 atom stereocenters. The van der Waals surface area contributed by atoms with Crippen LogP contribution in [0.1, 0.15) is 13.3 Å². The summed E-state index contributed by atoms with van der Waals surface area (Å²) in [6.07, 6.45) is 0.858. The Balaban J connectivity index is 1.80. The zero-order valence-electron chi connectivity index (χ0n) is 11.8. The number of piperazine rings is 1. The van der Waals surface area contributed by atoms with Gasteiger partial charge in [-0.1, -0.05) is 12.1 Å². The number of carbonyl (C=O) groups excluding carboxylic acids is 1. The number of rotatable bonds is 1. The van der Waals surface area contributed by atoms with Crippen molar-refractivity contribution in [1.29, 1.82) is 0 Å². The van der Waals surface area contributed by atoms with Gasteiger partial charge in [-0.15, -0.1) is 0 Å². The van der Waals surface area contributed by atoms with Crippen LogP contribution >= 0.6 is 0 Å². The zero-order valence-corrected chi connectivity index (χ0v) is 11.8. The Bertz CT molecular complexity index is 484. The summed E-state index contributed by atoms with van der Waals surface area (Å²) in [5.41, 5.74) is 0.885. The van der Waals surface area contributed by atoms with Crippen LogP contribution in [0.25, 0.3) is 0 Å². The Morgan fingerprint density at radius 1 is 1.30 bits per heavy atom. The van der Waals surface area contributed by atoms with Gasteiger partial charge in [0.05, 0.1) is 18.3 Å². The molecule has 0 aromatic heterocycles. The lowest BCUT2D eigenvalue weighted by Crippen LogP contribution is -2.59. The highest BCUT2D eigenvalue weighted by molar-refractivity contribution is 5.98. The van der Waals surface area contributed by atoms with E-state index in [2.05, 4.69) is 17.6 Å². The predicted octanol–water partition coefficient (Wildman–Crippen LogP) is 0.752. The van der Waals surface area contributed by atoms with Crippen LogP contribution in [-0.4, -0.2) is 44.2 Å². The number of carbonyl (C=O) groups is 1. The van der Waals surface area contributed by atoms with Crippen LogP contribution < -0.4 is 20.3 Å². The van der Waals surface area contributed by atoms with E-state index in [9.17, 15) is 4.79 Å². The van der Waals surface area contributed by atoms with Gasteiger partial charge in [0, 0.05) is 25.7 Å². The number of para-hydroxylation sites is 2. The van der Waals surface area contributed by atoms with Gasteiger partial charge >= 0.3 is 0 Å². The molecule has 2 aliphatic rings. The van der Waals surface area contributed by atoms with Crippen molar-refractivity contribution in [3.8, 4) is 5.75 Å². The smallest absolute Gasteiger partial charge is 0.245 e. The molecule has 0 spiro atoms. The van der Waals surface area contributed by atoms with Crippen molar-refractivity contribution in [2.45, 2.75) is 25.4 Å². The molecule has 3 rings (SSSR count). The minimum absolute atomic E-state index is 0.127. The second-order valence-corrected chi connectivity index (χ2v) is 5.43. The molecule has 1 amide bonds. The zero-order chi connectivity index (χ0) is 13.9. The monoisotopic (exact) mass is 275 g/mol. The van der Waals surface area contributed by atoms with E-state index < -0.39 is 0 Å². The van der Waals surface area contributed by atoms with Gasteiger partial charge in [0.2, 0.25) is 5.91 Å². The SMILES string of the molecule is CC1CNC(C(=O)N2CCCOc3ccccc32)CN1. The highest BCUT2D eigenvalue weighted by Gasteiger charge is 2.30. The summed E-state index contributed by atoms with van der Waals surface area (Å²) in [5, 5.41) is 6.67. The molecular formula is C15H21N3O2. The van der Waals surface area contributed by atoms with Crippen LogP contribution in [0, 0.1) is 0 Å². The maximum Gasteiger partial charge on any atom is 0.245 e. The van der Waals surface area contributed by atoms with E-state index in [-0.39, 0.29) is 11.9 Å². The fourth-order valence-electron chi connectivity index (χ4n) is 2.70. The first-order valence-electron chi connectivity index (χ1n) is 7.25. The van der Waals surface area contributed by atoms with Gasteiger partial charge in [-0.2, -0.15) is 0 Å². The van der Waals surface area contributed by atoms with Crippen molar-refractivity contribution in [1.82, 2.24) is 10.6 Å². The summed E-state index contributed by atoms with van der Waals surface area (Å²) in [4.78, 5) is 14.6. The number of nitrogens with one attached hydrogen (secondary N) is 2. The van der Waals surface area contributed by atoms with Gasteiger partial charge in [-0.3, -0.25) is 4.79 Å². The molecule has 1 aromatic carbocycles. The number of nitrogens with zero attached hydrogens (tertiary/aromatic N) is 1. The van der Waals surface area contributed by atoms with Crippen LogP contribution in [0.3, 0.4) is 0 Å². The number of hydrogen-bond acceptors (Lipinski definition) is 4. The van der Waals surface area contributed by atoms with Crippen molar-refractivity contribution in [2.24, 2.45) is 0 Å². The Labute approximate surface area is 119 Å². The van der Waals surface area contributed by atoms with Crippen molar-refractivity contribution in [3.63, 3.8) is 0 Å². The van der Waals surface area contributed by atoms with Gasteiger partial charge in [0.1, 0.15) is 5.75 Å². The molecule has 2 heterocycles. The minimum Gasteiger partial charge on any atom is -0.491 e. The summed E-state index contributed by atoms with van der Waals surface area (Å²) in [7, 11) is 0. The standard InChI is InChI=1S/C15H21N3O2/c1-11-9-17-12(10-16-11)15(19)18-7-4-8-20-14-6-3-2-5-13(14)18/h2-3,5-6,11-12,16-17H,4,7-10H2,1H3. The van der Waals surface area contributed by atoms with Gasteiger partial charge in [-0.05, 0) is 25.5 Å². The average Bonchev–Trinajstić information content (AvgIpc) is 2.69. The number of anilines is 1. The first kappa shape index (κ1) is 13.4. The van der Waals surface area contributed by atoms with Gasteiger partial charge in [-0.25, -0.2) is 0 Å². The minimum atomic E-state index is -0.155. The van der Waals surface area contributed by atoms with E-state index in [1.54, 1.807) is 0 Å². The van der Waals surface area contributed by atoms with Crippen LogP contribution in [0.15, 0.2) is 24.3 Å². The molecule has 5 heteroatoms. The van der Waals surface area contributed by atoms with Crippen LogP contribution in [0.2, 0.25) is 0 Å². The summed E-state index contributed by atoms with van der Waals surface area (Å²) < 4.78 is 5.70. The maximum atomic E-state index is 12.7. The molecule has 20 heavy (non-hydrogen) atoms. The molecule has 0 radical (unpaired) electrons. The Hall–Kier alpha value is -1.59. The average molecular weight is 275 g/mol. The maximum absolute atomic E-state index is 12.7. The number of benzene rings is 1. The highest BCUT2D eigenvalue weighted by atomic mass is 16.5. The molecule has 1 aromatic rings. The molecule has 0 bridgehead atoms. The molecule has 1 saturated heterocycles. The highest BCUT2D eigenvalue weighted by Crippen LogP contribution is 2.30. The lowest BCUT2D eigenvalue weighted by Gasteiger charge is -2.32. The van der Waals surface area contributed by atoms with E-state index in [0.717, 1.165) is 24.4 Å². The fraction of sp³-hybridized carbons (Fsp3) is 0.533. The Morgan fingerprint density at radius 3 is 2.95 bits per heavy atom. The van der Waals surface area contributed by atoms with Crippen molar-refractivity contribution >= 4 is 11.6 Å². The third-order valence-corrected chi connectivity index (χ3v) is 3.84. The molecule has 2 aliphatic heterocycles. The first-order valence-corrected chi connectivity index (χ1v) is 7.25. The van der Waals surface area contributed by atoms with Crippen LogP contribution in [0.4, 0.5) is 5.69 Å². The molecule has 2 unspecified atom stereocenters. The second kappa shape index (κ2) is 5.81. The van der Waals surface area contributed by atoms with Gasteiger partial charge < -0.3 is 20.3 Å². The molecular weight excluding hydrogens is 254 g/mol. The quantitative estimate of drug-likeness (QED) is 0.794. The Morgan fingerprint density at radius 2 is 2.15 bits per heavy atom. The first-order chi connectivity index (χ1) is 9.75.